The smallest absolute Gasteiger partial charge is 0.0463 e. The maximum absolute atomic E-state index is 2.32. The van der Waals surface area contributed by atoms with Gasteiger partial charge in [0.05, 0.1) is 0 Å². The number of hydrogen-bond donors (Lipinski definition) is 0. The third kappa shape index (κ3) is 5.16. The van der Waals surface area contributed by atoms with Crippen LogP contribution >= 0.6 is 0 Å². The van der Waals surface area contributed by atoms with Crippen LogP contribution in [0.2, 0.25) is 0 Å². The van der Waals surface area contributed by atoms with Gasteiger partial charge in [-0.1, -0.05) is 115 Å². The molecule has 0 bridgehead atoms. The van der Waals surface area contributed by atoms with E-state index < -0.39 is 0 Å². The molecule has 2 heteroatoms. The van der Waals surface area contributed by atoms with Crippen molar-refractivity contribution in [3.05, 3.63) is 194 Å². The SMILES string of the molecule is c1ccc(N(c2ccccc2)c2ccc(N(c3ccccc3)c3ccc(-c4c5ccccc5cc5ccccc45)cc3)cc2)cc1. The molecule has 0 aromatic heterocycles. The second-order valence-corrected chi connectivity index (χ2v) is 11.4. The highest BCUT2D eigenvalue weighted by Gasteiger charge is 2.16. The summed E-state index contributed by atoms with van der Waals surface area (Å²) in [6.07, 6.45) is 0. The van der Waals surface area contributed by atoms with Crippen molar-refractivity contribution < 1.29 is 0 Å². The molecule has 218 valence electrons. The predicted octanol–water partition coefficient (Wildman–Crippen LogP) is 12.6. The Morgan fingerprint density at radius 2 is 0.565 bits per heavy atom. The summed E-state index contributed by atoms with van der Waals surface area (Å²) in [5.74, 6) is 0. The van der Waals surface area contributed by atoms with Crippen molar-refractivity contribution >= 4 is 55.7 Å². The zero-order valence-electron chi connectivity index (χ0n) is 25.4. The van der Waals surface area contributed by atoms with Gasteiger partial charge in [-0.05, 0) is 112 Å². The van der Waals surface area contributed by atoms with E-state index in [4.69, 9.17) is 0 Å². The number of fused-ring (bicyclic) bond motifs is 2. The van der Waals surface area contributed by atoms with Crippen LogP contribution in [0.5, 0.6) is 0 Å². The van der Waals surface area contributed by atoms with Gasteiger partial charge in [0, 0.05) is 34.1 Å². The first-order valence-corrected chi connectivity index (χ1v) is 15.7. The summed E-state index contributed by atoms with van der Waals surface area (Å²) in [7, 11) is 0. The quantitative estimate of drug-likeness (QED) is 0.171. The van der Waals surface area contributed by atoms with Gasteiger partial charge in [0.15, 0.2) is 0 Å². The van der Waals surface area contributed by atoms with Crippen LogP contribution in [0.1, 0.15) is 0 Å². The van der Waals surface area contributed by atoms with Gasteiger partial charge in [-0.3, -0.25) is 0 Å². The molecule has 0 saturated heterocycles. The Morgan fingerprint density at radius 3 is 0.957 bits per heavy atom. The largest absolute Gasteiger partial charge is 0.311 e. The minimum atomic E-state index is 1.10. The molecule has 0 atom stereocenters. The van der Waals surface area contributed by atoms with E-state index in [1.165, 1.54) is 32.7 Å². The lowest BCUT2D eigenvalue weighted by molar-refractivity contribution is 1.26. The molecule has 0 fully saturated rings. The van der Waals surface area contributed by atoms with Crippen LogP contribution in [-0.4, -0.2) is 0 Å². The first kappa shape index (κ1) is 27.4. The summed E-state index contributed by atoms with van der Waals surface area (Å²) < 4.78 is 0. The van der Waals surface area contributed by atoms with E-state index >= 15 is 0 Å². The van der Waals surface area contributed by atoms with E-state index in [9.17, 15) is 0 Å². The van der Waals surface area contributed by atoms with E-state index in [-0.39, 0.29) is 0 Å². The molecule has 0 aliphatic heterocycles. The van der Waals surface area contributed by atoms with Crippen LogP contribution in [0.25, 0.3) is 32.7 Å². The first-order valence-electron chi connectivity index (χ1n) is 15.7. The fourth-order valence-corrected chi connectivity index (χ4v) is 6.48. The predicted molar refractivity (Wildman–Crippen MR) is 196 cm³/mol. The second kappa shape index (κ2) is 12.1. The van der Waals surface area contributed by atoms with Crippen LogP contribution in [0, 0.1) is 0 Å². The van der Waals surface area contributed by atoms with Gasteiger partial charge in [0.1, 0.15) is 0 Å². The molecule has 8 aromatic rings. The summed E-state index contributed by atoms with van der Waals surface area (Å²) in [5, 5.41) is 5.05. The topological polar surface area (TPSA) is 6.48 Å². The molecule has 0 unspecified atom stereocenters. The van der Waals surface area contributed by atoms with Gasteiger partial charge < -0.3 is 9.80 Å². The fraction of sp³-hybridized carbons (Fsp3) is 0. The number of hydrogen-bond acceptors (Lipinski definition) is 2. The zero-order valence-corrected chi connectivity index (χ0v) is 25.4. The lowest BCUT2D eigenvalue weighted by atomic mass is 9.92. The summed E-state index contributed by atoms with van der Waals surface area (Å²) in [4.78, 5) is 4.62. The average Bonchev–Trinajstić information content (AvgIpc) is 3.13. The number of anilines is 6. The van der Waals surface area contributed by atoms with Crippen molar-refractivity contribution in [1.29, 1.82) is 0 Å². The second-order valence-electron chi connectivity index (χ2n) is 11.4. The monoisotopic (exact) mass is 588 g/mol. The standard InChI is InChI=1S/C44H32N2/c1-4-16-36(17-5-1)45(37-18-6-2-7-19-37)40-28-30-41(31-29-40)46(38-20-8-3-9-21-38)39-26-24-33(25-27-39)44-42-22-12-10-14-34(42)32-35-15-11-13-23-43(35)44/h1-32H. The zero-order chi connectivity index (χ0) is 30.7. The van der Waals surface area contributed by atoms with E-state index in [0.717, 1.165) is 34.1 Å². The van der Waals surface area contributed by atoms with Crippen molar-refractivity contribution in [3.63, 3.8) is 0 Å². The summed E-state index contributed by atoms with van der Waals surface area (Å²) >= 11 is 0. The maximum Gasteiger partial charge on any atom is 0.0463 e. The Hall–Kier alpha value is -6.12. The van der Waals surface area contributed by atoms with Crippen LogP contribution in [0.15, 0.2) is 194 Å². The first-order chi connectivity index (χ1) is 22.8. The molecule has 2 nitrogen and oxygen atoms in total. The molecule has 0 amide bonds. The minimum Gasteiger partial charge on any atom is -0.311 e. The number of rotatable bonds is 7. The third-order valence-electron chi connectivity index (χ3n) is 8.59. The lowest BCUT2D eigenvalue weighted by Crippen LogP contribution is -2.12. The lowest BCUT2D eigenvalue weighted by Gasteiger charge is -2.28. The number of benzene rings is 8. The highest BCUT2D eigenvalue weighted by atomic mass is 15.2. The normalized spacial score (nSPS) is 11.0. The number of nitrogens with zero attached hydrogens (tertiary/aromatic N) is 2. The highest BCUT2D eigenvalue weighted by Crippen LogP contribution is 2.41. The van der Waals surface area contributed by atoms with Crippen molar-refractivity contribution in [3.8, 4) is 11.1 Å². The molecular formula is C44H32N2. The van der Waals surface area contributed by atoms with Gasteiger partial charge in [-0.2, -0.15) is 0 Å². The molecule has 8 aromatic carbocycles. The minimum absolute atomic E-state index is 1.10. The van der Waals surface area contributed by atoms with Crippen molar-refractivity contribution in [1.82, 2.24) is 0 Å². The molecule has 0 aliphatic rings. The maximum atomic E-state index is 2.32. The fourth-order valence-electron chi connectivity index (χ4n) is 6.48. The Bertz CT molecular complexity index is 2130. The van der Waals surface area contributed by atoms with Crippen molar-refractivity contribution in [2.24, 2.45) is 0 Å². The molecule has 0 aliphatic carbocycles. The van der Waals surface area contributed by atoms with Crippen LogP contribution in [0.4, 0.5) is 34.1 Å². The molecule has 0 saturated carbocycles. The Morgan fingerprint density at radius 1 is 0.261 bits per heavy atom. The Kier molecular flexibility index (Phi) is 7.22. The molecule has 8 rings (SSSR count). The highest BCUT2D eigenvalue weighted by molar-refractivity contribution is 6.12. The summed E-state index contributed by atoms with van der Waals surface area (Å²) in [6.45, 7) is 0. The van der Waals surface area contributed by atoms with Crippen LogP contribution in [-0.2, 0) is 0 Å². The molecule has 46 heavy (non-hydrogen) atoms. The number of para-hydroxylation sites is 3. The van der Waals surface area contributed by atoms with E-state index in [2.05, 4.69) is 204 Å². The van der Waals surface area contributed by atoms with Gasteiger partial charge in [0.25, 0.3) is 0 Å². The average molecular weight is 589 g/mol. The summed E-state index contributed by atoms with van der Waals surface area (Å²) in [6, 6.07) is 69.2. The Balaban J connectivity index is 1.21. The molecular weight excluding hydrogens is 556 g/mol. The van der Waals surface area contributed by atoms with Gasteiger partial charge in [-0.15, -0.1) is 0 Å². The molecule has 0 N–H and O–H groups in total. The van der Waals surface area contributed by atoms with Crippen molar-refractivity contribution in [2.75, 3.05) is 9.80 Å². The molecule has 0 heterocycles. The van der Waals surface area contributed by atoms with Crippen LogP contribution < -0.4 is 9.80 Å². The van der Waals surface area contributed by atoms with E-state index in [1.54, 1.807) is 0 Å². The van der Waals surface area contributed by atoms with Crippen LogP contribution in [0.3, 0.4) is 0 Å². The van der Waals surface area contributed by atoms with Crippen molar-refractivity contribution in [2.45, 2.75) is 0 Å². The van der Waals surface area contributed by atoms with Gasteiger partial charge >= 0.3 is 0 Å². The molecule has 0 radical (unpaired) electrons. The van der Waals surface area contributed by atoms with E-state index in [0.29, 0.717) is 0 Å². The third-order valence-corrected chi connectivity index (χ3v) is 8.59. The van der Waals surface area contributed by atoms with Gasteiger partial charge in [0.2, 0.25) is 0 Å². The van der Waals surface area contributed by atoms with Gasteiger partial charge in [-0.25, -0.2) is 0 Å². The van der Waals surface area contributed by atoms with E-state index in [1.807, 2.05) is 0 Å². The summed E-state index contributed by atoms with van der Waals surface area (Å²) in [5.41, 5.74) is 9.15. The molecule has 0 spiro atoms. The Labute approximate surface area is 270 Å².